The lowest BCUT2D eigenvalue weighted by atomic mass is 10.1. The van der Waals surface area contributed by atoms with E-state index in [4.69, 9.17) is 4.74 Å². The number of nitrogens with one attached hydrogen (secondary N) is 2. The maximum atomic E-state index is 12.9. The van der Waals surface area contributed by atoms with Gasteiger partial charge in [-0.2, -0.15) is 0 Å². The summed E-state index contributed by atoms with van der Waals surface area (Å²) in [4.78, 5) is 39.4. The minimum atomic E-state index is -0.738. The number of halogens is 1. The monoisotopic (exact) mass is 571 g/mol. The van der Waals surface area contributed by atoms with Gasteiger partial charge in [-0.05, 0) is 71.5 Å². The van der Waals surface area contributed by atoms with E-state index in [1.54, 1.807) is 55.3 Å². The van der Waals surface area contributed by atoms with E-state index in [1.165, 1.54) is 0 Å². The molecule has 7 nitrogen and oxygen atoms in total. The number of carbonyl (C=O) groups is 3. The van der Waals surface area contributed by atoms with Gasteiger partial charge in [0.15, 0.2) is 6.61 Å². The number of benzene rings is 3. The summed E-state index contributed by atoms with van der Waals surface area (Å²) in [6, 6.07) is 22.9. The van der Waals surface area contributed by atoms with Gasteiger partial charge < -0.3 is 20.3 Å². The van der Waals surface area contributed by atoms with Crippen LogP contribution in [0.1, 0.15) is 22.8 Å². The van der Waals surface area contributed by atoms with Crippen LogP contribution in [0.25, 0.3) is 0 Å². The van der Waals surface area contributed by atoms with E-state index in [0.29, 0.717) is 12.2 Å². The lowest BCUT2D eigenvalue weighted by Gasteiger charge is -2.22. The first kappa shape index (κ1) is 25.2. The van der Waals surface area contributed by atoms with Crippen LogP contribution in [0, 0.1) is 3.57 Å². The van der Waals surface area contributed by atoms with E-state index in [-0.39, 0.29) is 29.7 Å². The number of amides is 3. The van der Waals surface area contributed by atoms with Crippen LogP contribution in [0.3, 0.4) is 0 Å². The average molecular weight is 571 g/mol. The fraction of sp³-hybridized carbons (Fsp3) is 0.192. The van der Waals surface area contributed by atoms with Gasteiger partial charge in [-0.3, -0.25) is 14.4 Å². The smallest absolute Gasteiger partial charge is 0.262 e. The molecule has 0 aliphatic heterocycles. The summed E-state index contributed by atoms with van der Waals surface area (Å²) in [5.41, 5.74) is 1.90. The van der Waals surface area contributed by atoms with Crippen LogP contribution in [-0.2, 0) is 16.1 Å². The Balaban J connectivity index is 1.57. The Kier molecular flexibility index (Phi) is 9.03. The molecule has 0 saturated heterocycles. The Morgan fingerprint density at radius 3 is 2.29 bits per heavy atom. The van der Waals surface area contributed by atoms with Gasteiger partial charge in [-0.1, -0.05) is 42.5 Å². The third-order valence-corrected chi connectivity index (χ3v) is 5.69. The molecule has 176 valence electrons. The third kappa shape index (κ3) is 7.31. The van der Waals surface area contributed by atoms with Gasteiger partial charge >= 0.3 is 0 Å². The van der Waals surface area contributed by atoms with Crippen LogP contribution < -0.4 is 15.4 Å². The van der Waals surface area contributed by atoms with Crippen molar-refractivity contribution in [2.45, 2.75) is 19.5 Å². The molecule has 0 heterocycles. The molecule has 3 rings (SSSR count). The van der Waals surface area contributed by atoms with Crippen molar-refractivity contribution >= 4 is 46.0 Å². The first-order chi connectivity index (χ1) is 16.3. The number of para-hydroxylation sites is 1. The standard InChI is InChI=1S/C26H26IN3O4/c1-18(26(33)30(2)16-19-8-4-3-5-9-19)28-25(32)22-10-6-7-11-23(22)34-17-24(31)29-21-14-12-20(27)13-15-21/h3-15,18H,16-17H2,1-2H3,(H,28,32)(H,29,31)/t18-/m1/s1. The van der Waals surface area contributed by atoms with Crippen molar-refractivity contribution in [2.75, 3.05) is 19.0 Å². The second-order valence-corrected chi connectivity index (χ2v) is 8.96. The maximum absolute atomic E-state index is 12.9. The van der Waals surface area contributed by atoms with Crippen molar-refractivity contribution in [3.63, 3.8) is 0 Å². The topological polar surface area (TPSA) is 87.7 Å². The molecule has 8 heteroatoms. The highest BCUT2D eigenvalue weighted by molar-refractivity contribution is 14.1. The van der Waals surface area contributed by atoms with Crippen molar-refractivity contribution in [3.8, 4) is 5.75 Å². The average Bonchev–Trinajstić information content (AvgIpc) is 2.84. The van der Waals surface area contributed by atoms with Crippen molar-refractivity contribution in [1.82, 2.24) is 10.2 Å². The molecule has 0 fully saturated rings. The Morgan fingerprint density at radius 1 is 0.941 bits per heavy atom. The van der Waals surface area contributed by atoms with Gasteiger partial charge in [0.25, 0.3) is 11.8 Å². The molecule has 2 N–H and O–H groups in total. The summed E-state index contributed by atoms with van der Waals surface area (Å²) in [5, 5.41) is 5.47. The van der Waals surface area contributed by atoms with Crippen molar-refractivity contribution in [1.29, 1.82) is 0 Å². The highest BCUT2D eigenvalue weighted by Crippen LogP contribution is 2.18. The number of rotatable bonds is 9. The molecule has 0 saturated carbocycles. The second kappa shape index (κ2) is 12.2. The molecule has 0 bridgehead atoms. The van der Waals surface area contributed by atoms with Crippen molar-refractivity contribution in [2.24, 2.45) is 0 Å². The first-order valence-electron chi connectivity index (χ1n) is 10.7. The molecule has 3 aromatic carbocycles. The number of ether oxygens (including phenoxy) is 1. The fourth-order valence-corrected chi connectivity index (χ4v) is 3.62. The molecular weight excluding hydrogens is 545 g/mol. The zero-order valence-corrected chi connectivity index (χ0v) is 21.1. The molecule has 3 aromatic rings. The minimum Gasteiger partial charge on any atom is -0.483 e. The highest BCUT2D eigenvalue weighted by Gasteiger charge is 2.22. The number of hydrogen-bond donors (Lipinski definition) is 2. The van der Waals surface area contributed by atoms with E-state index in [2.05, 4.69) is 33.2 Å². The van der Waals surface area contributed by atoms with Gasteiger partial charge in [0.05, 0.1) is 5.56 Å². The second-order valence-electron chi connectivity index (χ2n) is 7.71. The lowest BCUT2D eigenvalue weighted by Crippen LogP contribution is -2.45. The van der Waals surface area contributed by atoms with Gasteiger partial charge in [0.2, 0.25) is 5.91 Å². The highest BCUT2D eigenvalue weighted by atomic mass is 127. The summed E-state index contributed by atoms with van der Waals surface area (Å²) >= 11 is 2.19. The van der Waals surface area contributed by atoms with E-state index in [9.17, 15) is 14.4 Å². The molecular formula is C26H26IN3O4. The normalized spacial score (nSPS) is 11.3. The fourth-order valence-electron chi connectivity index (χ4n) is 3.26. The predicted molar refractivity (Wildman–Crippen MR) is 140 cm³/mol. The zero-order chi connectivity index (χ0) is 24.5. The van der Waals surface area contributed by atoms with Gasteiger partial charge in [-0.25, -0.2) is 0 Å². The van der Waals surface area contributed by atoms with Gasteiger partial charge in [-0.15, -0.1) is 0 Å². The van der Waals surface area contributed by atoms with Crippen molar-refractivity contribution in [3.05, 3.63) is 93.6 Å². The van der Waals surface area contributed by atoms with Crippen LogP contribution >= 0.6 is 22.6 Å². The number of anilines is 1. The summed E-state index contributed by atoms with van der Waals surface area (Å²) in [7, 11) is 1.70. The quantitative estimate of drug-likeness (QED) is 0.379. The van der Waals surface area contributed by atoms with E-state index in [0.717, 1.165) is 9.13 Å². The molecule has 0 aromatic heterocycles. The predicted octanol–water partition coefficient (Wildman–Crippen LogP) is 4.09. The lowest BCUT2D eigenvalue weighted by molar-refractivity contribution is -0.132. The molecule has 0 aliphatic rings. The molecule has 34 heavy (non-hydrogen) atoms. The Bertz CT molecular complexity index is 1140. The SMILES string of the molecule is C[C@@H](NC(=O)c1ccccc1OCC(=O)Nc1ccc(I)cc1)C(=O)N(C)Cc1ccccc1. The third-order valence-electron chi connectivity index (χ3n) is 4.98. The Hall–Kier alpha value is -3.40. The van der Waals surface area contributed by atoms with E-state index < -0.39 is 11.9 Å². The maximum Gasteiger partial charge on any atom is 0.262 e. The molecule has 0 aliphatic carbocycles. The van der Waals surface area contributed by atoms with Crippen LogP contribution in [-0.4, -0.2) is 42.3 Å². The van der Waals surface area contributed by atoms with Crippen LogP contribution in [0.4, 0.5) is 5.69 Å². The van der Waals surface area contributed by atoms with E-state index >= 15 is 0 Å². The summed E-state index contributed by atoms with van der Waals surface area (Å²) in [6.45, 7) is 1.82. The molecule has 0 spiro atoms. The number of nitrogens with zero attached hydrogens (tertiary/aromatic N) is 1. The Labute approximate surface area is 212 Å². The first-order valence-corrected chi connectivity index (χ1v) is 11.8. The summed E-state index contributed by atoms with van der Waals surface area (Å²) < 4.78 is 6.68. The van der Waals surface area contributed by atoms with Crippen LogP contribution in [0.15, 0.2) is 78.9 Å². The minimum absolute atomic E-state index is 0.215. The molecule has 0 unspecified atom stereocenters. The summed E-state index contributed by atoms with van der Waals surface area (Å²) in [5.74, 6) is -0.757. The molecule has 1 atom stereocenters. The number of hydrogen-bond acceptors (Lipinski definition) is 4. The molecule has 0 radical (unpaired) electrons. The summed E-state index contributed by atoms with van der Waals surface area (Å²) in [6.07, 6.45) is 0. The van der Waals surface area contributed by atoms with Crippen molar-refractivity contribution < 1.29 is 19.1 Å². The zero-order valence-electron chi connectivity index (χ0n) is 19.0. The van der Waals surface area contributed by atoms with Gasteiger partial charge in [0.1, 0.15) is 11.8 Å². The number of carbonyl (C=O) groups excluding carboxylic acids is 3. The van der Waals surface area contributed by atoms with Gasteiger partial charge in [0, 0.05) is 22.8 Å². The largest absolute Gasteiger partial charge is 0.483 e. The van der Waals surface area contributed by atoms with Crippen LogP contribution in [0.5, 0.6) is 5.75 Å². The Morgan fingerprint density at radius 2 is 1.59 bits per heavy atom. The molecule has 3 amide bonds. The number of likely N-dealkylation sites (N-methyl/N-ethyl adjacent to an activating group) is 1. The van der Waals surface area contributed by atoms with Crippen LogP contribution in [0.2, 0.25) is 0 Å². The van der Waals surface area contributed by atoms with E-state index in [1.807, 2.05) is 42.5 Å².